The average molecular weight is 271 g/mol. The summed E-state index contributed by atoms with van der Waals surface area (Å²) in [6.45, 7) is 5.21. The quantitative estimate of drug-likeness (QED) is 0.926. The van der Waals surface area contributed by atoms with E-state index in [0.717, 1.165) is 31.8 Å². The van der Waals surface area contributed by atoms with Crippen LogP contribution in [-0.4, -0.2) is 29.8 Å². The van der Waals surface area contributed by atoms with E-state index in [4.69, 9.17) is 4.74 Å². The highest BCUT2D eigenvalue weighted by Crippen LogP contribution is 2.30. The van der Waals surface area contributed by atoms with Crippen LogP contribution in [0.15, 0.2) is 36.8 Å². The number of hydrogen-bond acceptors (Lipinski definition) is 3. The highest BCUT2D eigenvalue weighted by Gasteiger charge is 2.33. The normalized spacial score (nSPS) is 22.1. The second-order valence-electron chi connectivity index (χ2n) is 5.71. The van der Waals surface area contributed by atoms with Crippen LogP contribution in [0.2, 0.25) is 0 Å². The first kappa shape index (κ1) is 13.2. The van der Waals surface area contributed by atoms with E-state index in [1.807, 2.05) is 30.7 Å². The van der Waals surface area contributed by atoms with Gasteiger partial charge >= 0.3 is 0 Å². The van der Waals surface area contributed by atoms with Crippen molar-refractivity contribution in [1.29, 1.82) is 0 Å². The molecule has 1 aliphatic rings. The molecule has 3 rings (SSSR count). The summed E-state index contributed by atoms with van der Waals surface area (Å²) >= 11 is 0. The largest absolute Gasteiger partial charge is 0.496 e. The minimum Gasteiger partial charge on any atom is -0.496 e. The van der Waals surface area contributed by atoms with E-state index in [0.29, 0.717) is 0 Å². The molecule has 0 spiro atoms. The molecule has 2 heterocycles. The SMILES string of the molecule is COc1ccccc1Cn1cncc1C1(C)CCNC1. The Labute approximate surface area is 119 Å². The predicted molar refractivity (Wildman–Crippen MR) is 79.2 cm³/mol. The van der Waals surface area contributed by atoms with Gasteiger partial charge in [0.25, 0.3) is 0 Å². The Hall–Kier alpha value is -1.81. The molecule has 1 N–H and O–H groups in total. The topological polar surface area (TPSA) is 39.1 Å². The third kappa shape index (κ3) is 2.31. The highest BCUT2D eigenvalue weighted by atomic mass is 16.5. The molecule has 1 aromatic heterocycles. The van der Waals surface area contributed by atoms with Gasteiger partial charge in [0.15, 0.2) is 0 Å². The Balaban J connectivity index is 1.90. The Bertz CT molecular complexity index is 585. The lowest BCUT2D eigenvalue weighted by Gasteiger charge is -2.24. The van der Waals surface area contributed by atoms with Crippen molar-refractivity contribution >= 4 is 0 Å². The molecule has 4 nitrogen and oxygen atoms in total. The lowest BCUT2D eigenvalue weighted by Crippen LogP contribution is -2.28. The number of rotatable bonds is 4. The molecule has 1 aromatic carbocycles. The molecule has 0 aliphatic carbocycles. The van der Waals surface area contributed by atoms with Gasteiger partial charge in [-0.1, -0.05) is 25.1 Å². The summed E-state index contributed by atoms with van der Waals surface area (Å²) in [5.41, 5.74) is 2.66. The molecule has 20 heavy (non-hydrogen) atoms. The van der Waals surface area contributed by atoms with Gasteiger partial charge in [-0.15, -0.1) is 0 Å². The maximum atomic E-state index is 5.44. The standard InChI is InChI=1S/C16H21N3O/c1-16(7-8-17-11-16)15-9-18-12-19(15)10-13-5-3-4-6-14(13)20-2/h3-6,9,12,17H,7-8,10-11H2,1-2H3. The summed E-state index contributed by atoms with van der Waals surface area (Å²) < 4.78 is 7.68. The Morgan fingerprint density at radius 2 is 2.25 bits per heavy atom. The minimum atomic E-state index is 0.179. The van der Waals surface area contributed by atoms with E-state index in [1.54, 1.807) is 7.11 Å². The minimum absolute atomic E-state index is 0.179. The number of nitrogens with zero attached hydrogens (tertiary/aromatic N) is 2. The van der Waals surface area contributed by atoms with Crippen molar-refractivity contribution in [2.45, 2.75) is 25.3 Å². The van der Waals surface area contributed by atoms with Gasteiger partial charge < -0.3 is 14.6 Å². The van der Waals surface area contributed by atoms with Crippen molar-refractivity contribution in [3.05, 3.63) is 48.0 Å². The molecular formula is C16H21N3O. The third-order valence-electron chi connectivity index (χ3n) is 4.23. The van der Waals surface area contributed by atoms with Crippen LogP contribution in [0.1, 0.15) is 24.6 Å². The van der Waals surface area contributed by atoms with Crippen LogP contribution in [0.3, 0.4) is 0 Å². The summed E-state index contributed by atoms with van der Waals surface area (Å²) in [4.78, 5) is 4.36. The molecule has 1 aliphatic heterocycles. The van der Waals surface area contributed by atoms with Gasteiger partial charge in [0.1, 0.15) is 5.75 Å². The fourth-order valence-electron chi connectivity index (χ4n) is 3.00. The zero-order valence-electron chi connectivity index (χ0n) is 12.1. The summed E-state index contributed by atoms with van der Waals surface area (Å²) in [7, 11) is 1.72. The third-order valence-corrected chi connectivity index (χ3v) is 4.23. The van der Waals surface area contributed by atoms with Crippen molar-refractivity contribution in [1.82, 2.24) is 14.9 Å². The predicted octanol–water partition coefficient (Wildman–Crippen LogP) is 2.19. The van der Waals surface area contributed by atoms with E-state index in [-0.39, 0.29) is 5.41 Å². The molecule has 1 atom stereocenters. The zero-order chi connectivity index (χ0) is 14.0. The molecular weight excluding hydrogens is 250 g/mol. The van der Waals surface area contributed by atoms with Crippen LogP contribution in [-0.2, 0) is 12.0 Å². The Morgan fingerprint density at radius 1 is 1.40 bits per heavy atom. The number of nitrogens with one attached hydrogen (secondary N) is 1. The van der Waals surface area contributed by atoms with Crippen LogP contribution in [0.5, 0.6) is 5.75 Å². The molecule has 1 fully saturated rings. The van der Waals surface area contributed by atoms with Gasteiger partial charge in [-0.3, -0.25) is 0 Å². The van der Waals surface area contributed by atoms with E-state index in [1.165, 1.54) is 11.3 Å². The monoisotopic (exact) mass is 271 g/mol. The maximum Gasteiger partial charge on any atom is 0.123 e. The molecule has 106 valence electrons. The molecule has 2 aromatic rings. The molecule has 4 heteroatoms. The highest BCUT2D eigenvalue weighted by molar-refractivity contribution is 5.34. The lowest BCUT2D eigenvalue weighted by molar-refractivity contribution is 0.406. The number of methoxy groups -OCH3 is 1. The fourth-order valence-corrected chi connectivity index (χ4v) is 3.00. The number of hydrogen-bond donors (Lipinski definition) is 1. The molecule has 0 radical (unpaired) electrons. The molecule has 1 unspecified atom stereocenters. The summed E-state index contributed by atoms with van der Waals surface area (Å²) in [5, 5.41) is 3.45. The first-order chi connectivity index (χ1) is 9.73. The number of aromatic nitrogens is 2. The summed E-state index contributed by atoms with van der Waals surface area (Å²) in [6.07, 6.45) is 5.08. The van der Waals surface area contributed by atoms with E-state index < -0.39 is 0 Å². The van der Waals surface area contributed by atoms with E-state index in [9.17, 15) is 0 Å². The second-order valence-corrected chi connectivity index (χ2v) is 5.71. The van der Waals surface area contributed by atoms with Gasteiger partial charge in [-0.2, -0.15) is 0 Å². The van der Waals surface area contributed by atoms with Crippen LogP contribution >= 0.6 is 0 Å². The van der Waals surface area contributed by atoms with Crippen LogP contribution in [0, 0.1) is 0 Å². The van der Waals surface area contributed by atoms with Crippen molar-refractivity contribution in [3.63, 3.8) is 0 Å². The van der Waals surface area contributed by atoms with Crippen LogP contribution < -0.4 is 10.1 Å². The molecule has 1 saturated heterocycles. The van der Waals surface area contributed by atoms with Crippen molar-refractivity contribution < 1.29 is 4.74 Å². The van der Waals surface area contributed by atoms with Gasteiger partial charge in [0.2, 0.25) is 0 Å². The van der Waals surface area contributed by atoms with Crippen LogP contribution in [0.4, 0.5) is 0 Å². The van der Waals surface area contributed by atoms with Crippen molar-refractivity contribution in [2.75, 3.05) is 20.2 Å². The first-order valence-electron chi connectivity index (χ1n) is 7.06. The Morgan fingerprint density at radius 3 is 3.00 bits per heavy atom. The van der Waals surface area contributed by atoms with E-state index >= 15 is 0 Å². The first-order valence-corrected chi connectivity index (χ1v) is 7.06. The Kier molecular flexibility index (Phi) is 3.49. The average Bonchev–Trinajstić information content (AvgIpc) is 3.09. The summed E-state index contributed by atoms with van der Waals surface area (Å²) in [5.74, 6) is 0.932. The number of ether oxygens (including phenoxy) is 1. The maximum absolute atomic E-state index is 5.44. The van der Waals surface area contributed by atoms with Gasteiger partial charge in [-0.05, 0) is 19.0 Å². The number of benzene rings is 1. The lowest BCUT2D eigenvalue weighted by atomic mass is 9.86. The zero-order valence-corrected chi connectivity index (χ0v) is 12.1. The van der Waals surface area contributed by atoms with Gasteiger partial charge in [-0.25, -0.2) is 4.98 Å². The fraction of sp³-hybridized carbons (Fsp3) is 0.438. The number of imidazole rings is 1. The smallest absolute Gasteiger partial charge is 0.123 e. The van der Waals surface area contributed by atoms with Crippen molar-refractivity contribution in [3.8, 4) is 5.75 Å². The van der Waals surface area contributed by atoms with Crippen molar-refractivity contribution in [2.24, 2.45) is 0 Å². The van der Waals surface area contributed by atoms with E-state index in [2.05, 4.69) is 27.9 Å². The molecule has 0 saturated carbocycles. The van der Waals surface area contributed by atoms with Crippen LogP contribution in [0.25, 0.3) is 0 Å². The molecule has 0 amide bonds. The molecule has 0 bridgehead atoms. The number of para-hydroxylation sites is 1. The van der Waals surface area contributed by atoms with Gasteiger partial charge in [0.05, 0.1) is 20.0 Å². The van der Waals surface area contributed by atoms with Gasteiger partial charge in [0, 0.05) is 29.4 Å². The second kappa shape index (κ2) is 5.29. The summed E-state index contributed by atoms with van der Waals surface area (Å²) in [6, 6.07) is 8.16.